The van der Waals surface area contributed by atoms with Crippen molar-refractivity contribution >= 4 is 18.4 Å². The topological polar surface area (TPSA) is 64.0 Å². The van der Waals surface area contributed by atoms with Gasteiger partial charge in [-0.05, 0) is 51.8 Å². The second-order valence-electron chi connectivity index (χ2n) is 5.47. The fourth-order valence-electron chi connectivity index (χ4n) is 2.51. The molecule has 0 saturated heterocycles. The van der Waals surface area contributed by atoms with Crippen molar-refractivity contribution in [3.05, 3.63) is 34.7 Å². The molecule has 0 bridgehead atoms. The summed E-state index contributed by atoms with van der Waals surface area (Å²) in [5.41, 5.74) is -0.339. The van der Waals surface area contributed by atoms with Crippen molar-refractivity contribution in [2.75, 3.05) is 42.4 Å². The molecule has 0 saturated carbocycles. The summed E-state index contributed by atoms with van der Waals surface area (Å²) in [7, 11) is 6.59. The van der Waals surface area contributed by atoms with E-state index in [4.69, 9.17) is 9.47 Å². The molecule has 0 spiro atoms. The zero-order valence-corrected chi connectivity index (χ0v) is 15.1. The highest BCUT2D eigenvalue weighted by Gasteiger charge is 2.32. The Morgan fingerprint density at radius 2 is 1.52 bits per heavy atom. The molecule has 23 heavy (non-hydrogen) atoms. The van der Waals surface area contributed by atoms with E-state index in [9.17, 15) is 9.36 Å². The van der Waals surface area contributed by atoms with E-state index in [1.807, 2.05) is 0 Å². The number of benzene rings is 1. The Kier molecular flexibility index (Phi) is 4.84. The molecule has 0 amide bonds. The molecule has 0 atom stereocenters. The van der Waals surface area contributed by atoms with Crippen molar-refractivity contribution < 1.29 is 14.0 Å². The van der Waals surface area contributed by atoms with Gasteiger partial charge in [0, 0.05) is 6.20 Å². The Balaban J connectivity index is 2.82. The third-order valence-corrected chi connectivity index (χ3v) is 6.67. The summed E-state index contributed by atoms with van der Waals surface area (Å²) in [6.07, 6.45) is 1.55. The molecule has 0 unspecified atom stereocenters. The molecule has 1 heterocycles. The van der Waals surface area contributed by atoms with Crippen LogP contribution in [0, 0.1) is 0 Å². The van der Waals surface area contributed by atoms with E-state index in [1.165, 1.54) is 18.6 Å². The highest BCUT2D eigenvalue weighted by molar-refractivity contribution is 7.57. The number of hydrogen-bond donors (Lipinski definition) is 0. The normalized spacial score (nSPS) is 12.2. The van der Waals surface area contributed by atoms with E-state index in [0.717, 1.165) is 0 Å². The van der Waals surface area contributed by atoms with Gasteiger partial charge in [-0.3, -0.25) is 9.36 Å². The van der Waals surface area contributed by atoms with Gasteiger partial charge in [-0.15, -0.1) is 0 Å². The number of fused-ring (bicyclic) bond motifs is 1. The maximum absolute atomic E-state index is 13.3. The average Bonchev–Trinajstić information content (AvgIpc) is 2.52. The van der Waals surface area contributed by atoms with Gasteiger partial charge < -0.3 is 9.47 Å². The van der Waals surface area contributed by atoms with Crippen LogP contribution in [0.1, 0.15) is 0 Å². The van der Waals surface area contributed by atoms with Crippen LogP contribution in [-0.4, -0.2) is 56.1 Å². The molecule has 0 radical (unpaired) electrons. The molecule has 7 nitrogen and oxygen atoms in total. The number of ether oxygens (including phenoxy) is 2. The largest absolute Gasteiger partial charge is 0.493 e. The first-order chi connectivity index (χ1) is 10.8. The van der Waals surface area contributed by atoms with E-state index in [0.29, 0.717) is 22.3 Å². The summed E-state index contributed by atoms with van der Waals surface area (Å²) in [6, 6.07) is 5.09. The standard InChI is InChI=1S/C15H22N3O4P/c1-16(2)23(20,17(3)4)18-8-7-11-9-13(21-5)14(22-6)10-12(11)15(18)19/h7-10H,1-6H3. The zero-order chi connectivity index (χ0) is 17.4. The lowest BCUT2D eigenvalue weighted by molar-refractivity contribution is 0.356. The molecule has 2 aromatic rings. The first kappa shape index (κ1) is 17.5. The molecule has 0 aliphatic rings. The maximum Gasteiger partial charge on any atom is 0.316 e. The number of nitrogens with zero attached hydrogens (tertiary/aromatic N) is 3. The minimum atomic E-state index is -3.20. The predicted molar refractivity (Wildman–Crippen MR) is 91.7 cm³/mol. The number of methoxy groups -OCH3 is 2. The number of hydrogen-bond acceptors (Lipinski definition) is 4. The highest BCUT2D eigenvalue weighted by atomic mass is 31.2. The fourth-order valence-corrected chi connectivity index (χ4v) is 4.58. The van der Waals surface area contributed by atoms with Gasteiger partial charge in [0.1, 0.15) is 0 Å². The lowest BCUT2D eigenvalue weighted by atomic mass is 10.1. The molecule has 0 fully saturated rings. The Labute approximate surface area is 135 Å². The van der Waals surface area contributed by atoms with Gasteiger partial charge in [0.25, 0.3) is 5.56 Å². The first-order valence-corrected chi connectivity index (χ1v) is 8.57. The van der Waals surface area contributed by atoms with E-state index in [1.54, 1.807) is 61.9 Å². The minimum Gasteiger partial charge on any atom is -0.493 e. The monoisotopic (exact) mass is 339 g/mol. The second kappa shape index (κ2) is 6.35. The molecule has 8 heteroatoms. The van der Waals surface area contributed by atoms with E-state index < -0.39 is 7.59 Å². The molecule has 2 rings (SSSR count). The van der Waals surface area contributed by atoms with Crippen molar-refractivity contribution in [2.24, 2.45) is 0 Å². The SMILES string of the molecule is COc1cc2ccn(P(=O)(N(C)C)N(C)C)c(=O)c2cc1OC. The molecular weight excluding hydrogens is 317 g/mol. The van der Waals surface area contributed by atoms with Gasteiger partial charge in [0.15, 0.2) is 11.5 Å². The number of pyridine rings is 1. The van der Waals surface area contributed by atoms with Crippen LogP contribution in [0.15, 0.2) is 29.2 Å². The van der Waals surface area contributed by atoms with E-state index in [2.05, 4.69) is 0 Å². The van der Waals surface area contributed by atoms with Crippen LogP contribution >= 0.6 is 7.59 Å². The molecule has 0 aliphatic carbocycles. The van der Waals surface area contributed by atoms with Crippen LogP contribution in [0.25, 0.3) is 10.8 Å². The third-order valence-electron chi connectivity index (χ3n) is 3.71. The van der Waals surface area contributed by atoms with E-state index >= 15 is 0 Å². The molecule has 1 aromatic heterocycles. The number of aromatic nitrogens is 1. The van der Waals surface area contributed by atoms with E-state index in [-0.39, 0.29) is 5.56 Å². The van der Waals surface area contributed by atoms with Crippen LogP contribution in [0.3, 0.4) is 0 Å². The summed E-state index contributed by atoms with van der Waals surface area (Å²) in [4.78, 5) is 12.9. The lowest BCUT2D eigenvalue weighted by Crippen LogP contribution is -2.31. The average molecular weight is 339 g/mol. The molecule has 126 valence electrons. The zero-order valence-electron chi connectivity index (χ0n) is 14.2. The van der Waals surface area contributed by atoms with Gasteiger partial charge in [0.2, 0.25) is 0 Å². The van der Waals surface area contributed by atoms with Crippen LogP contribution in [0.5, 0.6) is 11.5 Å². The summed E-state index contributed by atoms with van der Waals surface area (Å²) >= 11 is 0. The molecule has 0 aliphatic heterocycles. The van der Waals surface area contributed by atoms with Crippen molar-refractivity contribution in [3.63, 3.8) is 0 Å². The van der Waals surface area contributed by atoms with Gasteiger partial charge >= 0.3 is 7.59 Å². The lowest BCUT2D eigenvalue weighted by Gasteiger charge is -2.31. The van der Waals surface area contributed by atoms with Crippen molar-refractivity contribution in [3.8, 4) is 11.5 Å². The highest BCUT2D eigenvalue weighted by Crippen LogP contribution is 2.49. The molecule has 0 N–H and O–H groups in total. The smallest absolute Gasteiger partial charge is 0.316 e. The Morgan fingerprint density at radius 1 is 1.00 bits per heavy atom. The fraction of sp³-hybridized carbons (Fsp3) is 0.400. The Morgan fingerprint density at radius 3 is 2.00 bits per heavy atom. The second-order valence-corrected chi connectivity index (χ2v) is 8.53. The van der Waals surface area contributed by atoms with Crippen LogP contribution in [0.4, 0.5) is 0 Å². The predicted octanol–water partition coefficient (Wildman–Crippen LogP) is 2.10. The maximum atomic E-state index is 13.3. The molecular formula is C15H22N3O4P. The third kappa shape index (κ3) is 2.76. The van der Waals surface area contributed by atoms with Gasteiger partial charge in [-0.2, -0.15) is 0 Å². The summed E-state index contributed by atoms with van der Waals surface area (Å²) < 4.78 is 28.2. The van der Waals surface area contributed by atoms with Crippen LogP contribution in [-0.2, 0) is 4.57 Å². The molecule has 1 aromatic carbocycles. The number of rotatable bonds is 5. The van der Waals surface area contributed by atoms with Gasteiger partial charge in [-0.25, -0.2) is 13.7 Å². The Hall–Kier alpha value is -1.82. The van der Waals surface area contributed by atoms with Gasteiger partial charge in [0.05, 0.1) is 19.6 Å². The summed E-state index contributed by atoms with van der Waals surface area (Å²) in [5.74, 6) is 1.000. The van der Waals surface area contributed by atoms with Crippen molar-refractivity contribution in [1.29, 1.82) is 0 Å². The first-order valence-electron chi connectivity index (χ1n) is 7.01. The van der Waals surface area contributed by atoms with Crippen LogP contribution < -0.4 is 15.0 Å². The van der Waals surface area contributed by atoms with Gasteiger partial charge in [-0.1, -0.05) is 0 Å². The van der Waals surface area contributed by atoms with Crippen molar-refractivity contribution in [2.45, 2.75) is 0 Å². The van der Waals surface area contributed by atoms with Crippen molar-refractivity contribution in [1.82, 2.24) is 13.7 Å². The Bertz CT molecular complexity index is 817. The summed E-state index contributed by atoms with van der Waals surface area (Å²) in [6.45, 7) is 0. The van der Waals surface area contributed by atoms with Crippen LogP contribution in [0.2, 0.25) is 0 Å². The minimum absolute atomic E-state index is 0.339. The summed E-state index contributed by atoms with van der Waals surface area (Å²) in [5, 5.41) is 1.13. The quantitative estimate of drug-likeness (QED) is 0.778.